The van der Waals surface area contributed by atoms with Gasteiger partial charge in [0.1, 0.15) is 6.23 Å². The van der Waals surface area contributed by atoms with E-state index in [1.807, 2.05) is 13.8 Å². The van der Waals surface area contributed by atoms with Crippen molar-refractivity contribution in [1.82, 2.24) is 15.5 Å². The summed E-state index contributed by atoms with van der Waals surface area (Å²) in [5.74, 6) is 0. The standard InChI is InChI=1S/C12H28ClN5O/c1-4-7-18(10-15-9-17-12(13)14)8-6-16-11(3)19-5-2/h9,11-12,16H,4-8,10,14H2,1-3H3,(H,15,17)/t11-,12-/m0/s1. The third kappa shape index (κ3) is 12.4. The van der Waals surface area contributed by atoms with E-state index in [9.17, 15) is 0 Å². The maximum atomic E-state index is 5.54. The predicted molar refractivity (Wildman–Crippen MR) is 81.3 cm³/mol. The van der Waals surface area contributed by atoms with E-state index in [-0.39, 0.29) is 6.23 Å². The van der Waals surface area contributed by atoms with Crippen molar-refractivity contribution in [1.29, 1.82) is 0 Å². The fraction of sp³-hybridized carbons (Fsp3) is 0.917. The van der Waals surface area contributed by atoms with Crippen LogP contribution < -0.4 is 16.4 Å². The molecule has 0 unspecified atom stereocenters. The molecule has 0 aromatic heterocycles. The number of nitrogens with zero attached hydrogens (tertiary/aromatic N) is 2. The van der Waals surface area contributed by atoms with Gasteiger partial charge in [-0.1, -0.05) is 18.5 Å². The summed E-state index contributed by atoms with van der Waals surface area (Å²) in [5, 5.41) is 6.03. The Morgan fingerprint density at radius 3 is 2.74 bits per heavy atom. The molecule has 7 heteroatoms. The molecule has 0 fully saturated rings. The van der Waals surface area contributed by atoms with Crippen molar-refractivity contribution in [3.63, 3.8) is 0 Å². The number of aliphatic imine (C=N–C) groups is 1. The Hall–Kier alpha value is -0.400. The van der Waals surface area contributed by atoms with Gasteiger partial charge in [0, 0.05) is 19.7 Å². The second kappa shape index (κ2) is 12.6. The predicted octanol–water partition coefficient (Wildman–Crippen LogP) is 0.727. The van der Waals surface area contributed by atoms with E-state index in [1.54, 1.807) is 6.34 Å². The Bertz CT molecular complexity index is 228. The number of halogens is 1. The molecule has 2 atom stereocenters. The van der Waals surface area contributed by atoms with Crippen LogP contribution in [0.25, 0.3) is 0 Å². The second-order valence-electron chi connectivity index (χ2n) is 4.19. The minimum Gasteiger partial charge on any atom is -0.364 e. The van der Waals surface area contributed by atoms with E-state index in [1.165, 1.54) is 0 Å². The quantitative estimate of drug-likeness (QED) is 0.163. The maximum absolute atomic E-state index is 5.54. The highest BCUT2D eigenvalue weighted by Crippen LogP contribution is 1.92. The van der Waals surface area contributed by atoms with Crippen LogP contribution in [0.4, 0.5) is 0 Å². The number of alkyl halides is 1. The fourth-order valence-corrected chi connectivity index (χ4v) is 1.64. The minimum atomic E-state index is -0.586. The fourth-order valence-electron chi connectivity index (χ4n) is 1.58. The number of hydrogen-bond donors (Lipinski definition) is 3. The molecule has 6 nitrogen and oxygen atoms in total. The van der Waals surface area contributed by atoms with E-state index in [2.05, 4.69) is 27.4 Å². The molecule has 0 aromatic carbocycles. The number of rotatable bonds is 12. The van der Waals surface area contributed by atoms with Gasteiger partial charge in [-0.3, -0.25) is 20.9 Å². The first-order valence-corrected chi connectivity index (χ1v) is 7.25. The van der Waals surface area contributed by atoms with Gasteiger partial charge in [0.2, 0.25) is 0 Å². The number of nitrogens with two attached hydrogens (primary N) is 1. The van der Waals surface area contributed by atoms with Crippen LogP contribution in [-0.2, 0) is 4.74 Å². The van der Waals surface area contributed by atoms with Crippen LogP contribution in [-0.4, -0.2) is 56.0 Å². The molecule has 0 amide bonds. The molecule has 0 spiro atoms. The van der Waals surface area contributed by atoms with Crippen LogP contribution in [0.3, 0.4) is 0 Å². The van der Waals surface area contributed by atoms with Crippen molar-refractivity contribution < 1.29 is 4.74 Å². The van der Waals surface area contributed by atoms with Gasteiger partial charge in [-0.05, 0) is 26.8 Å². The first kappa shape index (κ1) is 18.6. The monoisotopic (exact) mass is 293 g/mol. The minimum absolute atomic E-state index is 0.0906. The summed E-state index contributed by atoms with van der Waals surface area (Å²) in [6.45, 7) is 10.3. The van der Waals surface area contributed by atoms with E-state index in [0.29, 0.717) is 6.67 Å². The van der Waals surface area contributed by atoms with Crippen molar-refractivity contribution >= 4 is 17.9 Å². The van der Waals surface area contributed by atoms with Gasteiger partial charge >= 0.3 is 0 Å². The SMILES string of the molecule is CCCN(CCN[C@H](C)OCC)CN=CN[C@H](N)Cl. The number of ether oxygens (including phenoxy) is 1. The lowest BCUT2D eigenvalue weighted by atomic mass is 10.4. The first-order chi connectivity index (χ1) is 9.10. The normalized spacial score (nSPS) is 15.1. The van der Waals surface area contributed by atoms with Gasteiger partial charge in [-0.25, -0.2) is 0 Å². The van der Waals surface area contributed by atoms with Gasteiger partial charge in [-0.2, -0.15) is 0 Å². The molecule has 0 aliphatic rings. The molecule has 0 heterocycles. The van der Waals surface area contributed by atoms with Crippen molar-refractivity contribution in [3.05, 3.63) is 0 Å². The summed E-state index contributed by atoms with van der Waals surface area (Å²) in [6, 6.07) is 0. The van der Waals surface area contributed by atoms with Crippen molar-refractivity contribution in [2.24, 2.45) is 10.7 Å². The summed E-state index contributed by atoms with van der Waals surface area (Å²) < 4.78 is 5.41. The first-order valence-electron chi connectivity index (χ1n) is 6.81. The molecule has 0 saturated carbocycles. The van der Waals surface area contributed by atoms with Crippen molar-refractivity contribution in [2.75, 3.05) is 32.9 Å². The summed E-state index contributed by atoms with van der Waals surface area (Å²) >= 11 is 5.54. The average molecular weight is 294 g/mol. The second-order valence-corrected chi connectivity index (χ2v) is 4.66. The van der Waals surface area contributed by atoms with Crippen molar-refractivity contribution in [2.45, 2.75) is 39.0 Å². The van der Waals surface area contributed by atoms with Crippen LogP contribution in [0.5, 0.6) is 0 Å². The highest BCUT2D eigenvalue weighted by Gasteiger charge is 2.04. The maximum Gasteiger partial charge on any atom is 0.153 e. The lowest BCUT2D eigenvalue weighted by Gasteiger charge is -2.21. The molecule has 19 heavy (non-hydrogen) atoms. The molecule has 0 aliphatic heterocycles. The molecule has 0 aromatic rings. The summed E-state index contributed by atoms with van der Waals surface area (Å²) in [5.41, 5.74) is 4.75. The van der Waals surface area contributed by atoms with Gasteiger partial charge < -0.3 is 10.1 Å². The Labute approximate surface area is 121 Å². The molecule has 0 aliphatic carbocycles. The lowest BCUT2D eigenvalue weighted by Crippen LogP contribution is -2.38. The number of nitrogens with one attached hydrogen (secondary N) is 2. The number of hydrogen-bond acceptors (Lipinski definition) is 5. The van der Waals surface area contributed by atoms with E-state index in [4.69, 9.17) is 22.1 Å². The molecule has 0 rings (SSSR count). The van der Waals surface area contributed by atoms with E-state index < -0.39 is 5.62 Å². The summed E-state index contributed by atoms with van der Waals surface area (Å²) in [6.07, 6.45) is 2.74. The van der Waals surface area contributed by atoms with Gasteiger partial charge in [0.15, 0.2) is 5.62 Å². The zero-order chi connectivity index (χ0) is 14.5. The Balaban J connectivity index is 3.81. The highest BCUT2D eigenvalue weighted by atomic mass is 35.5. The van der Waals surface area contributed by atoms with Crippen LogP contribution in [0.2, 0.25) is 0 Å². The van der Waals surface area contributed by atoms with Crippen LogP contribution >= 0.6 is 11.6 Å². The summed E-state index contributed by atoms with van der Waals surface area (Å²) in [4.78, 5) is 6.48. The van der Waals surface area contributed by atoms with Crippen LogP contribution in [0.1, 0.15) is 27.2 Å². The Morgan fingerprint density at radius 2 is 2.16 bits per heavy atom. The van der Waals surface area contributed by atoms with Gasteiger partial charge in [-0.15, -0.1) is 0 Å². The highest BCUT2D eigenvalue weighted by molar-refractivity contribution is 6.20. The Kier molecular flexibility index (Phi) is 12.4. The van der Waals surface area contributed by atoms with E-state index >= 15 is 0 Å². The van der Waals surface area contributed by atoms with Gasteiger partial charge in [0.25, 0.3) is 0 Å². The zero-order valence-electron chi connectivity index (χ0n) is 12.2. The third-order valence-electron chi connectivity index (χ3n) is 2.42. The molecule has 4 N–H and O–H groups in total. The molecular weight excluding hydrogens is 266 g/mol. The molecule has 114 valence electrons. The summed E-state index contributed by atoms with van der Waals surface area (Å²) in [7, 11) is 0. The van der Waals surface area contributed by atoms with Crippen LogP contribution in [0, 0.1) is 0 Å². The lowest BCUT2D eigenvalue weighted by molar-refractivity contribution is 0.0500. The average Bonchev–Trinajstić information content (AvgIpc) is 2.34. The van der Waals surface area contributed by atoms with E-state index in [0.717, 1.165) is 32.7 Å². The topological polar surface area (TPSA) is 74.9 Å². The molecule has 0 radical (unpaired) electrons. The molecular formula is C12H28ClN5O. The zero-order valence-corrected chi connectivity index (χ0v) is 13.0. The Morgan fingerprint density at radius 1 is 1.42 bits per heavy atom. The molecule has 0 saturated heterocycles. The largest absolute Gasteiger partial charge is 0.364 e. The third-order valence-corrected chi connectivity index (χ3v) is 2.55. The smallest absolute Gasteiger partial charge is 0.153 e. The van der Waals surface area contributed by atoms with Crippen LogP contribution in [0.15, 0.2) is 4.99 Å². The molecule has 0 bridgehead atoms. The van der Waals surface area contributed by atoms with Gasteiger partial charge in [0.05, 0.1) is 13.0 Å². The van der Waals surface area contributed by atoms with Crippen molar-refractivity contribution in [3.8, 4) is 0 Å².